The number of unbranched alkanes of at least 4 members (excludes halogenated alkanes) is 4. The maximum absolute atomic E-state index is 14.0. The number of carbonyl (C=O) groups excluding carboxylic acids is 2. The quantitative estimate of drug-likeness (QED) is 0.135. The van der Waals surface area contributed by atoms with Crippen LogP contribution in [0, 0.1) is 17.3 Å². The molecule has 1 amide bonds. The second-order valence-electron chi connectivity index (χ2n) is 12.4. The maximum atomic E-state index is 14.0. The van der Waals surface area contributed by atoms with Crippen LogP contribution in [0.1, 0.15) is 69.8 Å². The summed E-state index contributed by atoms with van der Waals surface area (Å²) in [6.07, 6.45) is 11.9. The fourth-order valence-corrected chi connectivity index (χ4v) is 8.47. The van der Waals surface area contributed by atoms with E-state index in [1.807, 2.05) is 35.2 Å². The average molecular weight is 621 g/mol. The number of sulfonamides is 1. The molecule has 2 fully saturated rings. The standard InChI is InChI=1S/C36H48N2O5S/c1-4-6-8-9-10-14-22-36-25-33(35(40)37(28-36)27-29-17-19-30(43-3)20-18-29)32(34(39)26-36)21-24-38(23-7-5-2)44(41,42)31-15-12-11-13-16-31/h4-5,11-13,15-20,32-33H,1-2,6-10,14,21-28H2,3H3/t32-,33+,36-/m1/s1. The molecule has 2 aromatic carbocycles. The maximum Gasteiger partial charge on any atom is 0.243 e. The summed E-state index contributed by atoms with van der Waals surface area (Å²) in [4.78, 5) is 30.0. The zero-order valence-electron chi connectivity index (χ0n) is 26.2. The van der Waals surface area contributed by atoms with Gasteiger partial charge in [-0.3, -0.25) is 9.59 Å². The molecule has 0 radical (unpaired) electrons. The zero-order valence-corrected chi connectivity index (χ0v) is 27.0. The number of methoxy groups -OCH3 is 1. The molecule has 0 N–H and O–H groups in total. The minimum atomic E-state index is -3.75. The average Bonchev–Trinajstić information content (AvgIpc) is 3.03. The van der Waals surface area contributed by atoms with E-state index in [0.29, 0.717) is 38.8 Å². The molecule has 1 heterocycles. The second kappa shape index (κ2) is 15.7. The first-order chi connectivity index (χ1) is 21.2. The lowest BCUT2D eigenvalue weighted by molar-refractivity contribution is -0.160. The SMILES string of the molecule is C=CCCCCCC[C@]12CC(=O)[C@H](CCN(CCC=C)S(=O)(=O)c3ccccc3)[C@H](C1)C(=O)N(Cc1ccc(OC)cc1)C2. The van der Waals surface area contributed by atoms with Crippen molar-refractivity contribution in [3.63, 3.8) is 0 Å². The Morgan fingerprint density at radius 2 is 1.66 bits per heavy atom. The molecule has 1 saturated carbocycles. The number of fused-ring (bicyclic) bond motifs is 2. The molecule has 238 valence electrons. The third kappa shape index (κ3) is 8.27. The molecule has 2 aliphatic rings. The summed E-state index contributed by atoms with van der Waals surface area (Å²) in [7, 11) is -2.12. The minimum Gasteiger partial charge on any atom is -0.497 e. The van der Waals surface area contributed by atoms with Crippen molar-refractivity contribution in [3.05, 3.63) is 85.5 Å². The van der Waals surface area contributed by atoms with E-state index in [4.69, 9.17) is 4.74 Å². The Morgan fingerprint density at radius 3 is 2.34 bits per heavy atom. The fraction of sp³-hybridized carbons (Fsp3) is 0.500. The Bertz CT molecular complexity index is 1370. The van der Waals surface area contributed by atoms with Gasteiger partial charge >= 0.3 is 0 Å². The number of ketones is 1. The summed E-state index contributed by atoms with van der Waals surface area (Å²) in [6.45, 7) is 9.10. The van der Waals surface area contributed by atoms with Crippen LogP contribution in [0.2, 0.25) is 0 Å². The van der Waals surface area contributed by atoms with E-state index in [-0.39, 0.29) is 35.1 Å². The van der Waals surface area contributed by atoms with Gasteiger partial charge in [-0.2, -0.15) is 4.31 Å². The number of hydrogen-bond donors (Lipinski definition) is 0. The van der Waals surface area contributed by atoms with Gasteiger partial charge in [-0.15, -0.1) is 13.2 Å². The molecule has 0 aromatic heterocycles. The van der Waals surface area contributed by atoms with Crippen molar-refractivity contribution in [1.82, 2.24) is 9.21 Å². The molecule has 1 aliphatic carbocycles. The lowest BCUT2D eigenvalue weighted by atomic mass is 9.59. The molecule has 4 rings (SSSR count). The molecule has 0 unspecified atom stereocenters. The number of benzene rings is 2. The molecule has 7 nitrogen and oxygen atoms in total. The normalized spacial score (nSPS) is 21.8. The van der Waals surface area contributed by atoms with E-state index in [0.717, 1.165) is 49.8 Å². The first-order valence-corrected chi connectivity index (χ1v) is 17.4. The van der Waals surface area contributed by atoms with E-state index < -0.39 is 21.9 Å². The molecule has 2 aromatic rings. The molecule has 2 bridgehead atoms. The smallest absolute Gasteiger partial charge is 0.243 e. The zero-order chi connectivity index (χ0) is 31.6. The molecule has 44 heavy (non-hydrogen) atoms. The van der Waals surface area contributed by atoms with Crippen LogP contribution in [0.25, 0.3) is 0 Å². The van der Waals surface area contributed by atoms with Crippen LogP contribution >= 0.6 is 0 Å². The predicted molar refractivity (Wildman–Crippen MR) is 175 cm³/mol. The van der Waals surface area contributed by atoms with Gasteiger partial charge in [0.15, 0.2) is 0 Å². The lowest BCUT2D eigenvalue weighted by Crippen LogP contribution is -2.58. The number of nitrogens with zero attached hydrogens (tertiary/aromatic N) is 2. The van der Waals surface area contributed by atoms with Crippen LogP contribution in [0.3, 0.4) is 0 Å². The third-order valence-electron chi connectivity index (χ3n) is 9.31. The number of ether oxygens (including phenoxy) is 1. The Labute approximate surface area is 264 Å². The van der Waals surface area contributed by atoms with Gasteiger partial charge in [0.1, 0.15) is 11.5 Å². The highest BCUT2D eigenvalue weighted by Gasteiger charge is 2.53. The lowest BCUT2D eigenvalue weighted by Gasteiger charge is -2.51. The summed E-state index contributed by atoms with van der Waals surface area (Å²) < 4.78 is 33.9. The molecular weight excluding hydrogens is 572 g/mol. The van der Waals surface area contributed by atoms with Gasteiger partial charge in [-0.1, -0.05) is 61.7 Å². The van der Waals surface area contributed by atoms with Gasteiger partial charge in [-0.05, 0) is 73.8 Å². The monoisotopic (exact) mass is 620 g/mol. The van der Waals surface area contributed by atoms with Gasteiger partial charge in [-0.25, -0.2) is 8.42 Å². The first kappa shape index (κ1) is 33.7. The van der Waals surface area contributed by atoms with Gasteiger partial charge < -0.3 is 9.64 Å². The van der Waals surface area contributed by atoms with Gasteiger partial charge in [0, 0.05) is 44.4 Å². The minimum absolute atomic E-state index is 0.00374. The third-order valence-corrected chi connectivity index (χ3v) is 11.2. The molecule has 8 heteroatoms. The second-order valence-corrected chi connectivity index (χ2v) is 14.4. The summed E-state index contributed by atoms with van der Waals surface area (Å²) in [5.41, 5.74) is 0.779. The molecule has 3 atom stereocenters. The Hall–Kier alpha value is -3.23. The van der Waals surface area contributed by atoms with Crippen molar-refractivity contribution in [3.8, 4) is 5.75 Å². The predicted octanol–water partition coefficient (Wildman–Crippen LogP) is 6.80. The Balaban J connectivity index is 1.54. The van der Waals surface area contributed by atoms with Crippen LogP contribution in [-0.4, -0.2) is 56.1 Å². The first-order valence-electron chi connectivity index (χ1n) is 15.9. The molecule has 0 spiro atoms. The highest BCUT2D eigenvalue weighted by atomic mass is 32.2. The van der Waals surface area contributed by atoms with Crippen LogP contribution in [0.4, 0.5) is 0 Å². The van der Waals surface area contributed by atoms with E-state index >= 15 is 0 Å². The van der Waals surface area contributed by atoms with Crippen LogP contribution in [-0.2, 0) is 26.2 Å². The highest BCUT2D eigenvalue weighted by molar-refractivity contribution is 7.89. The van der Waals surface area contributed by atoms with Crippen molar-refractivity contribution in [2.45, 2.75) is 75.6 Å². The van der Waals surface area contributed by atoms with Gasteiger partial charge in [0.05, 0.1) is 12.0 Å². The summed E-state index contributed by atoms with van der Waals surface area (Å²) in [5.74, 6) is -0.0698. The van der Waals surface area contributed by atoms with E-state index in [1.54, 1.807) is 43.5 Å². The number of likely N-dealkylation sites (tertiary alicyclic amines) is 1. The largest absolute Gasteiger partial charge is 0.497 e. The number of carbonyl (C=O) groups is 2. The molecule has 1 aliphatic heterocycles. The topological polar surface area (TPSA) is 84.0 Å². The number of rotatable bonds is 18. The molecular formula is C36H48N2O5S. The van der Waals surface area contributed by atoms with Crippen molar-refractivity contribution < 1.29 is 22.7 Å². The van der Waals surface area contributed by atoms with Crippen LogP contribution < -0.4 is 4.74 Å². The van der Waals surface area contributed by atoms with E-state index in [2.05, 4.69) is 13.2 Å². The van der Waals surface area contributed by atoms with Gasteiger partial charge in [0.2, 0.25) is 15.9 Å². The Kier molecular flexibility index (Phi) is 12.0. The van der Waals surface area contributed by atoms with Crippen LogP contribution in [0.5, 0.6) is 5.75 Å². The van der Waals surface area contributed by atoms with Crippen molar-refractivity contribution in [1.29, 1.82) is 0 Å². The summed E-state index contributed by atoms with van der Waals surface area (Å²) in [6, 6.07) is 16.2. The number of allylic oxidation sites excluding steroid dienone is 1. The fourth-order valence-electron chi connectivity index (χ4n) is 6.97. The van der Waals surface area contributed by atoms with Crippen molar-refractivity contribution in [2.24, 2.45) is 17.3 Å². The van der Waals surface area contributed by atoms with E-state index in [9.17, 15) is 18.0 Å². The summed E-state index contributed by atoms with van der Waals surface area (Å²) in [5, 5.41) is 0. The van der Waals surface area contributed by atoms with E-state index in [1.165, 1.54) is 4.31 Å². The number of hydrogen-bond acceptors (Lipinski definition) is 5. The van der Waals surface area contributed by atoms with Crippen molar-refractivity contribution in [2.75, 3.05) is 26.7 Å². The molecule has 1 saturated heterocycles. The van der Waals surface area contributed by atoms with Crippen LogP contribution in [0.15, 0.2) is 84.8 Å². The van der Waals surface area contributed by atoms with Crippen molar-refractivity contribution >= 4 is 21.7 Å². The summed E-state index contributed by atoms with van der Waals surface area (Å²) >= 11 is 0. The number of piperidine rings is 1. The Morgan fingerprint density at radius 1 is 0.955 bits per heavy atom. The highest BCUT2D eigenvalue weighted by Crippen LogP contribution is 2.50. The number of amides is 1. The van der Waals surface area contributed by atoms with Gasteiger partial charge in [0.25, 0.3) is 0 Å². The number of Topliss-reactive ketones (excluding diaryl/α,β-unsaturated/α-hetero) is 1.